The van der Waals surface area contributed by atoms with E-state index in [0.717, 1.165) is 0 Å². The molecule has 0 spiro atoms. The van der Waals surface area contributed by atoms with Crippen molar-refractivity contribution in [1.82, 2.24) is 0 Å². The first-order valence-corrected chi connectivity index (χ1v) is 6.61. The first-order chi connectivity index (χ1) is 6.89. The van der Waals surface area contributed by atoms with Gasteiger partial charge in [0.25, 0.3) is 0 Å². The van der Waals surface area contributed by atoms with Crippen LogP contribution in [0.25, 0.3) is 10.1 Å². The van der Waals surface area contributed by atoms with Crippen molar-refractivity contribution >= 4 is 43.2 Å². The molecule has 1 aromatic heterocycles. The highest BCUT2D eigenvalue weighted by Crippen LogP contribution is 2.36. The summed E-state index contributed by atoms with van der Waals surface area (Å²) in [5.41, 5.74) is 0. The number of thiophene rings is 1. The third-order valence-electron chi connectivity index (χ3n) is 2.01. The maximum Gasteiger partial charge on any atom is 0.333 e. The number of aryl methyl sites for hydroxylation is 1. The summed E-state index contributed by atoms with van der Waals surface area (Å²) in [6.07, 6.45) is 0. The van der Waals surface area contributed by atoms with Crippen molar-refractivity contribution in [2.75, 3.05) is 0 Å². The zero-order valence-electron chi connectivity index (χ0n) is 7.62. The molecule has 0 amide bonds. The van der Waals surface area contributed by atoms with Gasteiger partial charge in [-0.05, 0) is 25.1 Å². The normalized spacial score (nSPS) is 12.2. The van der Waals surface area contributed by atoms with Crippen LogP contribution >= 0.6 is 22.9 Å². The Morgan fingerprint density at radius 2 is 2.07 bits per heavy atom. The van der Waals surface area contributed by atoms with E-state index in [4.69, 9.17) is 11.6 Å². The van der Waals surface area contributed by atoms with E-state index in [1.165, 1.54) is 17.4 Å². The van der Waals surface area contributed by atoms with Crippen LogP contribution in [0.5, 0.6) is 0 Å². The van der Waals surface area contributed by atoms with Gasteiger partial charge in [-0.3, -0.25) is 0 Å². The Kier molecular flexibility index (Phi) is 2.48. The molecular formula is C9H6ClFO2S2. The number of halogens is 2. The lowest BCUT2D eigenvalue weighted by Crippen LogP contribution is -1.91. The van der Waals surface area contributed by atoms with Gasteiger partial charge in [-0.1, -0.05) is 11.6 Å². The minimum atomic E-state index is -4.68. The molecule has 0 bridgehead atoms. The van der Waals surface area contributed by atoms with Gasteiger partial charge in [0, 0.05) is 20.0 Å². The summed E-state index contributed by atoms with van der Waals surface area (Å²) in [6.45, 7) is 1.57. The highest BCUT2D eigenvalue weighted by molar-refractivity contribution is 7.86. The molecule has 2 aromatic rings. The third kappa shape index (κ3) is 1.87. The number of hydrogen-bond donors (Lipinski definition) is 0. The summed E-state index contributed by atoms with van der Waals surface area (Å²) < 4.78 is 35.6. The van der Waals surface area contributed by atoms with Crippen LogP contribution in [0.3, 0.4) is 0 Å². The van der Waals surface area contributed by atoms with E-state index in [2.05, 4.69) is 0 Å². The average Bonchev–Trinajstić information content (AvgIpc) is 2.38. The van der Waals surface area contributed by atoms with Crippen molar-refractivity contribution < 1.29 is 12.3 Å². The molecule has 0 aliphatic rings. The lowest BCUT2D eigenvalue weighted by Gasteiger charge is -1.95. The summed E-state index contributed by atoms with van der Waals surface area (Å²) in [7, 11) is -4.68. The first kappa shape index (κ1) is 10.9. The third-order valence-corrected chi connectivity index (χ3v) is 4.48. The van der Waals surface area contributed by atoms with Crippen LogP contribution < -0.4 is 0 Å². The van der Waals surface area contributed by atoms with Crippen LogP contribution in [-0.4, -0.2) is 8.42 Å². The minimum absolute atomic E-state index is 0.259. The topological polar surface area (TPSA) is 34.1 Å². The van der Waals surface area contributed by atoms with Gasteiger partial charge in [0.05, 0.1) is 0 Å². The fraction of sp³-hybridized carbons (Fsp3) is 0.111. The Morgan fingerprint density at radius 3 is 2.67 bits per heavy atom. The van der Waals surface area contributed by atoms with Crippen LogP contribution in [0.2, 0.25) is 5.02 Å². The van der Waals surface area contributed by atoms with E-state index in [1.54, 1.807) is 19.1 Å². The van der Waals surface area contributed by atoms with E-state index in [9.17, 15) is 12.3 Å². The predicted octanol–water partition coefficient (Wildman–Crippen LogP) is 3.52. The standard InChI is InChI=1S/C9H6ClFO2S2/c1-5-9(15(11,12)13)7-4-6(10)2-3-8(7)14-5/h2-4H,1H3. The Labute approximate surface area is 95.5 Å². The number of hydrogen-bond acceptors (Lipinski definition) is 3. The van der Waals surface area contributed by atoms with Gasteiger partial charge < -0.3 is 0 Å². The molecule has 0 radical (unpaired) electrons. The lowest BCUT2D eigenvalue weighted by molar-refractivity contribution is 0.553. The quantitative estimate of drug-likeness (QED) is 0.739. The predicted molar refractivity (Wildman–Crippen MR) is 59.9 cm³/mol. The van der Waals surface area contributed by atoms with Gasteiger partial charge in [0.15, 0.2) is 0 Å². The second kappa shape index (κ2) is 3.43. The molecule has 0 saturated heterocycles. The molecule has 2 rings (SSSR count). The molecule has 0 saturated carbocycles. The van der Waals surface area contributed by atoms with Crippen molar-refractivity contribution in [2.24, 2.45) is 0 Å². The number of benzene rings is 1. The Bertz CT molecular complexity index is 631. The van der Waals surface area contributed by atoms with Crippen LogP contribution in [0.4, 0.5) is 3.89 Å². The number of fused-ring (bicyclic) bond motifs is 1. The van der Waals surface area contributed by atoms with Gasteiger partial charge in [-0.25, -0.2) is 0 Å². The van der Waals surface area contributed by atoms with Crippen LogP contribution in [0, 0.1) is 6.92 Å². The van der Waals surface area contributed by atoms with E-state index < -0.39 is 10.2 Å². The molecule has 0 N–H and O–H groups in total. The molecule has 15 heavy (non-hydrogen) atoms. The second-order valence-electron chi connectivity index (χ2n) is 3.07. The summed E-state index contributed by atoms with van der Waals surface area (Å²) >= 11 is 6.97. The average molecular weight is 265 g/mol. The molecule has 0 unspecified atom stereocenters. The molecule has 1 aromatic carbocycles. The van der Waals surface area contributed by atoms with Crippen molar-refractivity contribution in [2.45, 2.75) is 11.8 Å². The van der Waals surface area contributed by atoms with Crippen LogP contribution in [0.15, 0.2) is 23.1 Å². The Balaban J connectivity index is 2.95. The fourth-order valence-electron chi connectivity index (χ4n) is 1.47. The molecule has 6 heteroatoms. The molecule has 0 atom stereocenters. The zero-order chi connectivity index (χ0) is 11.2. The monoisotopic (exact) mass is 264 g/mol. The largest absolute Gasteiger partial charge is 0.333 e. The molecule has 1 heterocycles. The maximum atomic E-state index is 13.0. The van der Waals surface area contributed by atoms with Gasteiger partial charge in [-0.15, -0.1) is 15.2 Å². The van der Waals surface area contributed by atoms with Gasteiger partial charge in [-0.2, -0.15) is 8.42 Å². The summed E-state index contributed by atoms with van der Waals surface area (Å²) in [5.74, 6) is 0. The molecule has 0 fully saturated rings. The van der Waals surface area contributed by atoms with Crippen molar-refractivity contribution in [3.05, 3.63) is 28.1 Å². The van der Waals surface area contributed by atoms with Gasteiger partial charge >= 0.3 is 10.2 Å². The summed E-state index contributed by atoms with van der Waals surface area (Å²) in [5, 5.41) is 0.748. The minimum Gasteiger partial charge on any atom is -0.189 e. The van der Waals surface area contributed by atoms with E-state index in [0.29, 0.717) is 20.0 Å². The Morgan fingerprint density at radius 1 is 1.40 bits per heavy atom. The SMILES string of the molecule is Cc1sc2ccc(Cl)cc2c1S(=O)(=O)F. The van der Waals surface area contributed by atoms with Crippen molar-refractivity contribution in [1.29, 1.82) is 0 Å². The Hall–Kier alpha value is -0.650. The van der Waals surface area contributed by atoms with Crippen LogP contribution in [0.1, 0.15) is 4.88 Å². The van der Waals surface area contributed by atoms with Gasteiger partial charge in [0.2, 0.25) is 0 Å². The summed E-state index contributed by atoms with van der Waals surface area (Å²) in [4.78, 5) is 0.180. The molecule has 0 aliphatic carbocycles. The van der Waals surface area contributed by atoms with Gasteiger partial charge in [0.1, 0.15) is 4.90 Å². The molecule has 2 nitrogen and oxygen atoms in total. The van der Waals surface area contributed by atoms with Crippen LogP contribution in [-0.2, 0) is 10.2 Å². The first-order valence-electron chi connectivity index (χ1n) is 4.03. The molecule has 0 aliphatic heterocycles. The highest BCUT2D eigenvalue weighted by Gasteiger charge is 2.21. The smallest absolute Gasteiger partial charge is 0.189 e. The summed E-state index contributed by atoms with van der Waals surface area (Å²) in [6, 6.07) is 4.80. The highest BCUT2D eigenvalue weighted by atomic mass is 35.5. The van der Waals surface area contributed by atoms with Crippen molar-refractivity contribution in [3.8, 4) is 0 Å². The van der Waals surface area contributed by atoms with E-state index in [-0.39, 0.29) is 4.90 Å². The zero-order valence-corrected chi connectivity index (χ0v) is 10.0. The van der Waals surface area contributed by atoms with Crippen molar-refractivity contribution in [3.63, 3.8) is 0 Å². The van der Waals surface area contributed by atoms with E-state index >= 15 is 0 Å². The number of rotatable bonds is 1. The second-order valence-corrected chi connectivity index (χ2v) is 6.04. The maximum absolute atomic E-state index is 13.0. The molecular weight excluding hydrogens is 259 g/mol. The van der Waals surface area contributed by atoms with E-state index in [1.807, 2.05) is 0 Å². The lowest BCUT2D eigenvalue weighted by atomic mass is 10.2. The molecule has 80 valence electrons. The fourth-order valence-corrected chi connectivity index (χ4v) is 3.85.